The number of fused-ring (bicyclic) bond motifs is 3. The minimum absolute atomic E-state index is 0.0328. The summed E-state index contributed by atoms with van der Waals surface area (Å²) in [5, 5.41) is 2.35. The monoisotopic (exact) mass is 469 g/mol. The first-order valence-corrected chi connectivity index (χ1v) is 10.2. The van der Waals surface area contributed by atoms with Crippen LogP contribution < -0.4 is 3.11 Å². The maximum atomic E-state index is 6.50. The van der Waals surface area contributed by atoms with Gasteiger partial charge in [-0.15, -0.1) is 0 Å². The van der Waals surface area contributed by atoms with Crippen molar-refractivity contribution in [2.75, 3.05) is 3.11 Å². The molecule has 0 spiro atoms. The van der Waals surface area contributed by atoms with E-state index in [0.29, 0.717) is 0 Å². The van der Waals surface area contributed by atoms with Gasteiger partial charge in [-0.3, -0.25) is 3.11 Å². The summed E-state index contributed by atoms with van der Waals surface area (Å²) in [6.07, 6.45) is 0. The average molecular weight is 469 g/mol. The van der Waals surface area contributed by atoms with Crippen LogP contribution >= 0.6 is 22.9 Å². The van der Waals surface area contributed by atoms with Crippen LogP contribution in [0.1, 0.15) is 37.5 Å². The predicted molar refractivity (Wildman–Crippen MR) is 124 cm³/mol. The van der Waals surface area contributed by atoms with Crippen molar-refractivity contribution < 1.29 is 4.42 Å². The fraction of sp³-hybridized carbons (Fsp3) is 0.250. The van der Waals surface area contributed by atoms with Gasteiger partial charge in [0.2, 0.25) is 0 Å². The minimum atomic E-state index is 0.0328. The lowest BCUT2D eigenvalue weighted by molar-refractivity contribution is 0.573. The van der Waals surface area contributed by atoms with Gasteiger partial charge in [-0.1, -0.05) is 68.8 Å². The lowest BCUT2D eigenvalue weighted by Gasteiger charge is -2.20. The highest BCUT2D eigenvalue weighted by molar-refractivity contribution is 14.1. The van der Waals surface area contributed by atoms with Gasteiger partial charge in [-0.25, -0.2) is 0 Å². The number of hydrogen-bond acceptors (Lipinski definition) is 2. The van der Waals surface area contributed by atoms with Crippen LogP contribution in [-0.2, 0) is 5.41 Å². The number of nitrogens with zero attached hydrogens (tertiary/aromatic N) is 1. The molecule has 4 aromatic rings. The second-order valence-corrected chi connectivity index (χ2v) is 9.22. The van der Waals surface area contributed by atoms with E-state index in [1.54, 1.807) is 0 Å². The first-order chi connectivity index (χ1) is 12.8. The summed E-state index contributed by atoms with van der Waals surface area (Å²) in [6.45, 7) is 11.0. The second kappa shape index (κ2) is 6.55. The van der Waals surface area contributed by atoms with E-state index in [4.69, 9.17) is 4.42 Å². The van der Waals surface area contributed by atoms with Gasteiger partial charge in [0.25, 0.3) is 0 Å². The Morgan fingerprint density at radius 2 is 1.48 bits per heavy atom. The molecule has 1 heterocycles. The van der Waals surface area contributed by atoms with Gasteiger partial charge < -0.3 is 4.42 Å². The zero-order valence-electron chi connectivity index (χ0n) is 16.4. The molecule has 0 fully saturated rings. The van der Waals surface area contributed by atoms with E-state index < -0.39 is 0 Å². The van der Waals surface area contributed by atoms with Crippen molar-refractivity contribution in [3.8, 4) is 0 Å². The fourth-order valence-electron chi connectivity index (χ4n) is 3.71. The van der Waals surface area contributed by atoms with Crippen LogP contribution in [0.25, 0.3) is 21.9 Å². The molecule has 0 saturated carbocycles. The van der Waals surface area contributed by atoms with Gasteiger partial charge in [0, 0.05) is 16.3 Å². The summed E-state index contributed by atoms with van der Waals surface area (Å²) in [7, 11) is 0. The van der Waals surface area contributed by atoms with Crippen LogP contribution in [-0.4, -0.2) is 0 Å². The van der Waals surface area contributed by atoms with Crippen molar-refractivity contribution in [3.63, 3.8) is 0 Å². The predicted octanol–water partition coefficient (Wildman–Crippen LogP) is 7.99. The molecular weight excluding hydrogens is 445 g/mol. The number of halogens is 1. The van der Waals surface area contributed by atoms with E-state index in [0.717, 1.165) is 16.9 Å². The normalized spacial score (nSPS) is 12.1. The Morgan fingerprint density at radius 1 is 0.815 bits per heavy atom. The van der Waals surface area contributed by atoms with Crippen molar-refractivity contribution in [2.45, 2.75) is 40.0 Å². The third-order valence-electron chi connectivity index (χ3n) is 5.09. The molecule has 1 aromatic heterocycles. The molecule has 3 heteroatoms. The summed E-state index contributed by atoms with van der Waals surface area (Å²) in [5.41, 5.74) is 8.02. The van der Waals surface area contributed by atoms with Crippen LogP contribution in [0.15, 0.2) is 59.0 Å². The third-order valence-corrected chi connectivity index (χ3v) is 6.13. The smallest absolute Gasteiger partial charge is 0.159 e. The molecule has 0 bridgehead atoms. The summed E-state index contributed by atoms with van der Waals surface area (Å²) in [5.74, 6) is 0. The lowest BCUT2D eigenvalue weighted by Crippen LogP contribution is -2.10. The second-order valence-electron chi connectivity index (χ2n) is 8.26. The highest BCUT2D eigenvalue weighted by Crippen LogP contribution is 2.42. The Bertz CT molecular complexity index is 1150. The summed E-state index contributed by atoms with van der Waals surface area (Å²) >= 11 is 2.38. The fourth-order valence-corrected chi connectivity index (χ4v) is 4.63. The SMILES string of the molecule is Cc1ccc(N(I)c2cccc3c2oc2c(C(C)(C)C)cccc23)c(C)c1. The Hall–Kier alpha value is -2.01. The van der Waals surface area contributed by atoms with Gasteiger partial charge in [-0.05, 0) is 37.0 Å². The number of anilines is 2. The molecule has 0 unspecified atom stereocenters. The first kappa shape index (κ1) is 18.4. The van der Waals surface area contributed by atoms with Crippen molar-refractivity contribution in [2.24, 2.45) is 0 Å². The molecular formula is C24H24INO. The molecule has 4 rings (SSSR count). The molecule has 27 heavy (non-hydrogen) atoms. The maximum absolute atomic E-state index is 6.50. The van der Waals surface area contributed by atoms with Gasteiger partial charge in [0.15, 0.2) is 5.58 Å². The van der Waals surface area contributed by atoms with Gasteiger partial charge in [-0.2, -0.15) is 0 Å². The first-order valence-electron chi connectivity index (χ1n) is 9.25. The van der Waals surface area contributed by atoms with Crippen LogP contribution in [0, 0.1) is 13.8 Å². The minimum Gasteiger partial charge on any atom is -0.454 e. The van der Waals surface area contributed by atoms with Crippen molar-refractivity contribution in [1.29, 1.82) is 0 Å². The molecule has 0 amide bonds. The van der Waals surface area contributed by atoms with Crippen LogP contribution in [0.4, 0.5) is 11.4 Å². The number of benzene rings is 3. The Morgan fingerprint density at radius 3 is 2.15 bits per heavy atom. The zero-order valence-corrected chi connectivity index (χ0v) is 18.6. The molecule has 0 aliphatic heterocycles. The van der Waals surface area contributed by atoms with Gasteiger partial charge >= 0.3 is 0 Å². The molecule has 2 nitrogen and oxygen atoms in total. The number of hydrogen-bond donors (Lipinski definition) is 0. The number of rotatable bonds is 2. The van der Waals surface area contributed by atoms with Crippen LogP contribution in [0.5, 0.6) is 0 Å². The van der Waals surface area contributed by atoms with E-state index in [1.807, 2.05) is 0 Å². The summed E-state index contributed by atoms with van der Waals surface area (Å²) in [6, 6.07) is 19.4. The number of para-hydroxylation sites is 2. The molecule has 138 valence electrons. The molecule has 0 atom stereocenters. The van der Waals surface area contributed by atoms with Crippen molar-refractivity contribution >= 4 is 56.2 Å². The average Bonchev–Trinajstić information content (AvgIpc) is 2.99. The van der Waals surface area contributed by atoms with Crippen LogP contribution in [0.2, 0.25) is 0 Å². The van der Waals surface area contributed by atoms with Crippen molar-refractivity contribution in [3.05, 3.63) is 71.3 Å². The van der Waals surface area contributed by atoms with E-state index >= 15 is 0 Å². The number of aryl methyl sites for hydroxylation is 2. The highest BCUT2D eigenvalue weighted by Gasteiger charge is 2.22. The largest absolute Gasteiger partial charge is 0.454 e. The molecule has 0 saturated heterocycles. The molecule has 0 aliphatic carbocycles. The Labute approximate surface area is 174 Å². The lowest BCUT2D eigenvalue weighted by atomic mass is 9.86. The van der Waals surface area contributed by atoms with Crippen molar-refractivity contribution in [1.82, 2.24) is 0 Å². The highest BCUT2D eigenvalue weighted by atomic mass is 127. The summed E-state index contributed by atoms with van der Waals surface area (Å²) < 4.78 is 8.70. The maximum Gasteiger partial charge on any atom is 0.159 e. The topological polar surface area (TPSA) is 16.4 Å². The van der Waals surface area contributed by atoms with E-state index in [1.165, 1.54) is 33.2 Å². The molecule has 0 N–H and O–H groups in total. The standard InChI is InChI=1S/C24H24INO/c1-15-12-13-20(16(2)14-15)26(25)21-11-7-9-18-17-8-6-10-19(24(3,4)5)22(17)27-23(18)21/h6-14H,1-5H3. The van der Waals surface area contributed by atoms with Gasteiger partial charge in [0.1, 0.15) is 5.58 Å². The quantitative estimate of drug-likeness (QED) is 0.219. The molecule has 0 radical (unpaired) electrons. The summed E-state index contributed by atoms with van der Waals surface area (Å²) in [4.78, 5) is 0. The van der Waals surface area contributed by atoms with E-state index in [-0.39, 0.29) is 5.41 Å². The number of furan rings is 1. The van der Waals surface area contributed by atoms with Gasteiger partial charge in [0.05, 0.1) is 34.2 Å². The molecule has 0 aliphatic rings. The van der Waals surface area contributed by atoms with E-state index in [2.05, 4.69) is 115 Å². The Kier molecular flexibility index (Phi) is 4.46. The third kappa shape index (κ3) is 3.12. The Balaban J connectivity index is 1.97. The zero-order chi connectivity index (χ0) is 19.3. The van der Waals surface area contributed by atoms with E-state index in [9.17, 15) is 0 Å². The van der Waals surface area contributed by atoms with Crippen LogP contribution in [0.3, 0.4) is 0 Å². The molecule has 3 aromatic carbocycles.